The zero-order valence-corrected chi connectivity index (χ0v) is 10.8. The fourth-order valence-electron chi connectivity index (χ4n) is 1.48. The van der Waals surface area contributed by atoms with Crippen molar-refractivity contribution in [3.63, 3.8) is 0 Å². The van der Waals surface area contributed by atoms with Crippen molar-refractivity contribution in [1.29, 1.82) is 0 Å². The minimum atomic E-state index is 0.543. The van der Waals surface area contributed by atoms with Crippen molar-refractivity contribution in [2.24, 2.45) is 0 Å². The van der Waals surface area contributed by atoms with Crippen LogP contribution in [0.3, 0.4) is 0 Å². The summed E-state index contributed by atoms with van der Waals surface area (Å²) in [7, 11) is 0. The molecule has 0 radical (unpaired) electrons. The first-order valence-electron chi connectivity index (χ1n) is 5.72. The Kier molecular flexibility index (Phi) is 4.36. The lowest BCUT2D eigenvalue weighted by Crippen LogP contribution is -2.04. The first-order chi connectivity index (χ1) is 8.78. The fourth-order valence-corrected chi connectivity index (χ4v) is 1.70. The van der Waals surface area contributed by atoms with E-state index in [0.717, 1.165) is 10.6 Å². The van der Waals surface area contributed by atoms with Crippen LogP contribution in [0.2, 0.25) is 5.02 Å². The van der Waals surface area contributed by atoms with Gasteiger partial charge in [0.2, 0.25) is 11.8 Å². The summed E-state index contributed by atoms with van der Waals surface area (Å²) in [6, 6.07) is 9.38. The van der Waals surface area contributed by atoms with E-state index in [4.69, 9.17) is 16.3 Å². The van der Waals surface area contributed by atoms with Gasteiger partial charge >= 0.3 is 0 Å². The predicted octanol–water partition coefficient (Wildman–Crippen LogP) is 3.14. The Balaban J connectivity index is 1.99. The zero-order chi connectivity index (χ0) is 12.8. The number of ether oxygens (including phenoxy) is 1. The van der Waals surface area contributed by atoms with Crippen LogP contribution in [0.5, 0.6) is 5.88 Å². The summed E-state index contributed by atoms with van der Waals surface area (Å²) in [5.74, 6) is 1.11. The molecule has 0 aliphatic heterocycles. The number of benzene rings is 1. The molecule has 94 valence electrons. The molecule has 0 spiro atoms. The topological polar surface area (TPSA) is 47.0 Å². The van der Waals surface area contributed by atoms with Crippen LogP contribution < -0.4 is 10.1 Å². The third-order valence-electron chi connectivity index (χ3n) is 2.26. The van der Waals surface area contributed by atoms with E-state index in [9.17, 15) is 0 Å². The Morgan fingerprint density at radius 3 is 3.00 bits per heavy atom. The molecule has 1 aromatic carbocycles. The average Bonchev–Trinajstić information content (AvgIpc) is 2.37. The van der Waals surface area contributed by atoms with Gasteiger partial charge in [0.15, 0.2) is 0 Å². The highest BCUT2D eigenvalue weighted by Gasteiger charge is 2.00. The molecule has 18 heavy (non-hydrogen) atoms. The van der Waals surface area contributed by atoms with E-state index in [1.807, 2.05) is 31.2 Å². The molecule has 1 aromatic heterocycles. The van der Waals surface area contributed by atoms with E-state index < -0.39 is 0 Å². The van der Waals surface area contributed by atoms with Crippen LogP contribution in [-0.4, -0.2) is 16.6 Å². The summed E-state index contributed by atoms with van der Waals surface area (Å²) in [5.41, 5.74) is 1.08. The Labute approximate surface area is 111 Å². The Bertz CT molecular complexity index is 519. The lowest BCUT2D eigenvalue weighted by molar-refractivity contribution is 0.326. The van der Waals surface area contributed by atoms with Gasteiger partial charge in [0.05, 0.1) is 6.61 Å². The summed E-state index contributed by atoms with van der Waals surface area (Å²) >= 11 is 5.91. The van der Waals surface area contributed by atoms with Gasteiger partial charge in [0.25, 0.3) is 0 Å². The summed E-state index contributed by atoms with van der Waals surface area (Å²) in [4.78, 5) is 8.35. The maximum Gasteiger partial charge on any atom is 0.226 e. The number of anilines is 1. The van der Waals surface area contributed by atoms with Crippen LogP contribution in [0, 0.1) is 0 Å². The van der Waals surface area contributed by atoms with Crippen molar-refractivity contribution in [1.82, 2.24) is 9.97 Å². The SMILES string of the molecule is CCOc1ccnc(NCc2cccc(Cl)c2)n1. The zero-order valence-electron chi connectivity index (χ0n) is 10.1. The summed E-state index contributed by atoms with van der Waals surface area (Å²) in [6.07, 6.45) is 1.66. The molecule has 2 aromatic rings. The third kappa shape index (κ3) is 3.60. The average molecular weight is 264 g/mol. The predicted molar refractivity (Wildman–Crippen MR) is 72.0 cm³/mol. The van der Waals surface area contributed by atoms with E-state index in [0.29, 0.717) is 25.0 Å². The Morgan fingerprint density at radius 2 is 2.22 bits per heavy atom. The maximum atomic E-state index is 5.91. The number of nitrogens with one attached hydrogen (secondary N) is 1. The smallest absolute Gasteiger partial charge is 0.226 e. The standard InChI is InChI=1S/C13H14ClN3O/c1-2-18-12-6-7-15-13(17-12)16-9-10-4-3-5-11(14)8-10/h3-8H,2,9H2,1H3,(H,15,16,17). The van der Waals surface area contributed by atoms with E-state index in [1.165, 1.54) is 0 Å². The van der Waals surface area contributed by atoms with Gasteiger partial charge in [0.1, 0.15) is 0 Å². The molecule has 5 heteroatoms. The molecular weight excluding hydrogens is 250 g/mol. The molecule has 0 amide bonds. The minimum Gasteiger partial charge on any atom is -0.478 e. The highest BCUT2D eigenvalue weighted by Crippen LogP contribution is 2.13. The van der Waals surface area contributed by atoms with Gasteiger partial charge < -0.3 is 10.1 Å². The quantitative estimate of drug-likeness (QED) is 0.900. The lowest BCUT2D eigenvalue weighted by atomic mass is 10.2. The van der Waals surface area contributed by atoms with E-state index in [-0.39, 0.29) is 0 Å². The molecule has 0 aliphatic carbocycles. The molecule has 0 fully saturated rings. The Morgan fingerprint density at radius 1 is 1.33 bits per heavy atom. The molecule has 0 saturated carbocycles. The highest BCUT2D eigenvalue weighted by atomic mass is 35.5. The second kappa shape index (κ2) is 6.21. The van der Waals surface area contributed by atoms with E-state index in [1.54, 1.807) is 12.3 Å². The van der Waals surface area contributed by atoms with Gasteiger partial charge in [-0.05, 0) is 24.6 Å². The molecule has 0 aliphatic rings. The summed E-state index contributed by atoms with van der Waals surface area (Å²) in [6.45, 7) is 3.13. The number of hydrogen-bond acceptors (Lipinski definition) is 4. The van der Waals surface area contributed by atoms with Crippen LogP contribution in [0.25, 0.3) is 0 Å². The van der Waals surface area contributed by atoms with Gasteiger partial charge in [0, 0.05) is 23.8 Å². The largest absolute Gasteiger partial charge is 0.478 e. The second-order valence-corrected chi connectivity index (χ2v) is 4.07. The number of aromatic nitrogens is 2. The molecule has 0 unspecified atom stereocenters. The van der Waals surface area contributed by atoms with Gasteiger partial charge in [-0.15, -0.1) is 0 Å². The molecule has 1 heterocycles. The molecule has 0 saturated heterocycles. The molecule has 2 rings (SSSR count). The highest BCUT2D eigenvalue weighted by molar-refractivity contribution is 6.30. The van der Waals surface area contributed by atoms with Gasteiger partial charge in [-0.25, -0.2) is 4.98 Å². The number of halogens is 1. The number of rotatable bonds is 5. The van der Waals surface area contributed by atoms with Crippen molar-refractivity contribution < 1.29 is 4.74 Å². The normalized spacial score (nSPS) is 10.1. The van der Waals surface area contributed by atoms with E-state index in [2.05, 4.69) is 15.3 Å². The van der Waals surface area contributed by atoms with Crippen LogP contribution >= 0.6 is 11.6 Å². The maximum absolute atomic E-state index is 5.91. The lowest BCUT2D eigenvalue weighted by Gasteiger charge is -2.07. The third-order valence-corrected chi connectivity index (χ3v) is 2.50. The van der Waals surface area contributed by atoms with E-state index >= 15 is 0 Å². The molecule has 0 bridgehead atoms. The monoisotopic (exact) mass is 263 g/mol. The van der Waals surface area contributed by atoms with Crippen molar-refractivity contribution in [3.05, 3.63) is 47.1 Å². The molecule has 4 nitrogen and oxygen atoms in total. The van der Waals surface area contributed by atoms with Gasteiger partial charge in [-0.3, -0.25) is 0 Å². The summed E-state index contributed by atoms with van der Waals surface area (Å²) in [5, 5.41) is 3.85. The van der Waals surface area contributed by atoms with Crippen LogP contribution in [-0.2, 0) is 6.54 Å². The van der Waals surface area contributed by atoms with Gasteiger partial charge in [-0.2, -0.15) is 4.98 Å². The minimum absolute atomic E-state index is 0.543. The first kappa shape index (κ1) is 12.6. The van der Waals surface area contributed by atoms with Crippen LogP contribution in [0.15, 0.2) is 36.5 Å². The summed E-state index contributed by atoms with van der Waals surface area (Å²) < 4.78 is 5.31. The number of nitrogens with zero attached hydrogens (tertiary/aromatic N) is 2. The molecule has 1 N–H and O–H groups in total. The fraction of sp³-hybridized carbons (Fsp3) is 0.231. The van der Waals surface area contributed by atoms with Crippen LogP contribution in [0.1, 0.15) is 12.5 Å². The Hall–Kier alpha value is -1.81. The van der Waals surface area contributed by atoms with Crippen LogP contribution in [0.4, 0.5) is 5.95 Å². The van der Waals surface area contributed by atoms with Gasteiger partial charge in [-0.1, -0.05) is 23.7 Å². The second-order valence-electron chi connectivity index (χ2n) is 3.63. The van der Waals surface area contributed by atoms with Crippen molar-refractivity contribution in [3.8, 4) is 5.88 Å². The molecule has 0 atom stereocenters. The van der Waals surface area contributed by atoms with Crippen molar-refractivity contribution >= 4 is 17.5 Å². The molecular formula is C13H14ClN3O. The van der Waals surface area contributed by atoms with Crippen molar-refractivity contribution in [2.75, 3.05) is 11.9 Å². The van der Waals surface area contributed by atoms with Crippen molar-refractivity contribution in [2.45, 2.75) is 13.5 Å². The number of hydrogen-bond donors (Lipinski definition) is 1. The first-order valence-corrected chi connectivity index (χ1v) is 6.10.